The van der Waals surface area contributed by atoms with Gasteiger partial charge in [-0.2, -0.15) is 0 Å². The van der Waals surface area contributed by atoms with Crippen molar-refractivity contribution in [3.05, 3.63) is 36.5 Å². The van der Waals surface area contributed by atoms with E-state index in [1.165, 1.54) is 263 Å². The number of esters is 1. The topological polar surface area (TPSA) is 95.9 Å². The number of ether oxygens (including phenoxy) is 1. The minimum Gasteiger partial charge on any atom is -0.466 e. The predicted molar refractivity (Wildman–Crippen MR) is 315 cm³/mol. The average molecular weight is 1010 g/mol. The Morgan fingerprint density at radius 3 is 1.12 bits per heavy atom. The third-order valence-electron chi connectivity index (χ3n) is 14.9. The molecular formula is C66H125NO5. The lowest BCUT2D eigenvalue weighted by molar-refractivity contribution is -0.143. The summed E-state index contributed by atoms with van der Waals surface area (Å²) >= 11 is 0. The number of rotatable bonds is 60. The lowest BCUT2D eigenvalue weighted by atomic mass is 10.0. The van der Waals surface area contributed by atoms with E-state index in [0.717, 1.165) is 51.4 Å². The number of hydrogen-bond acceptors (Lipinski definition) is 5. The first-order valence-electron chi connectivity index (χ1n) is 32.2. The van der Waals surface area contributed by atoms with Crippen LogP contribution in [0.3, 0.4) is 0 Å². The molecule has 6 heteroatoms. The molecule has 0 aromatic heterocycles. The molecule has 3 N–H and O–H groups in total. The van der Waals surface area contributed by atoms with Crippen molar-refractivity contribution in [3.63, 3.8) is 0 Å². The normalized spacial score (nSPS) is 12.8. The van der Waals surface area contributed by atoms with Crippen molar-refractivity contribution in [2.75, 3.05) is 13.2 Å². The number of aliphatic hydroxyl groups excluding tert-OH is 2. The Morgan fingerprint density at radius 1 is 0.389 bits per heavy atom. The van der Waals surface area contributed by atoms with Crippen LogP contribution in [-0.2, 0) is 14.3 Å². The van der Waals surface area contributed by atoms with Gasteiger partial charge in [-0.1, -0.05) is 294 Å². The monoisotopic (exact) mass is 1010 g/mol. The second-order valence-corrected chi connectivity index (χ2v) is 22.1. The SMILES string of the molecule is CCC/C=C\C/C=C\CCCCCCCC(=O)OCCCCCCCCCCCC/C=C\CCCCCCCCCC(=O)NC(CO)C(O)CCCCCCCCCCCCCCCCCCCCCCC. The van der Waals surface area contributed by atoms with E-state index < -0.39 is 12.1 Å². The fraction of sp³-hybridized carbons (Fsp3) is 0.879. The number of amides is 1. The average Bonchev–Trinajstić information content (AvgIpc) is 3.38. The lowest BCUT2D eigenvalue weighted by Crippen LogP contribution is -2.45. The molecule has 0 spiro atoms. The van der Waals surface area contributed by atoms with Crippen LogP contribution >= 0.6 is 0 Å². The van der Waals surface area contributed by atoms with Gasteiger partial charge in [-0.05, 0) is 77.0 Å². The maximum Gasteiger partial charge on any atom is 0.305 e. The van der Waals surface area contributed by atoms with Crippen LogP contribution in [-0.4, -0.2) is 47.4 Å². The Hall–Kier alpha value is -1.92. The highest BCUT2D eigenvalue weighted by molar-refractivity contribution is 5.76. The number of hydrogen-bond donors (Lipinski definition) is 3. The molecule has 0 heterocycles. The van der Waals surface area contributed by atoms with Crippen molar-refractivity contribution in [3.8, 4) is 0 Å². The summed E-state index contributed by atoms with van der Waals surface area (Å²) in [6, 6.07) is -0.549. The maximum atomic E-state index is 12.5. The van der Waals surface area contributed by atoms with Crippen LogP contribution in [0.1, 0.15) is 348 Å². The van der Waals surface area contributed by atoms with Gasteiger partial charge >= 0.3 is 5.97 Å². The van der Waals surface area contributed by atoms with E-state index in [1.807, 2.05) is 0 Å². The molecule has 6 nitrogen and oxygen atoms in total. The van der Waals surface area contributed by atoms with Crippen LogP contribution in [0.15, 0.2) is 36.5 Å². The van der Waals surface area contributed by atoms with Crippen molar-refractivity contribution >= 4 is 11.9 Å². The molecule has 0 fully saturated rings. The van der Waals surface area contributed by atoms with E-state index in [2.05, 4.69) is 55.6 Å². The summed E-state index contributed by atoms with van der Waals surface area (Å²) < 4.78 is 5.46. The van der Waals surface area contributed by atoms with Gasteiger partial charge in [0.1, 0.15) is 0 Å². The number of aliphatic hydroxyl groups is 2. The summed E-state index contributed by atoms with van der Waals surface area (Å²) in [7, 11) is 0. The zero-order valence-electron chi connectivity index (χ0n) is 48.4. The number of carbonyl (C=O) groups excluding carboxylic acids is 2. The molecule has 2 atom stereocenters. The van der Waals surface area contributed by atoms with Gasteiger partial charge in [0.05, 0.1) is 25.4 Å². The second kappa shape index (κ2) is 61.6. The van der Waals surface area contributed by atoms with Crippen molar-refractivity contribution in [2.24, 2.45) is 0 Å². The molecule has 72 heavy (non-hydrogen) atoms. The fourth-order valence-electron chi connectivity index (χ4n) is 9.97. The standard InChI is InChI=1S/C66H125NO5/c1-3-5-7-9-11-13-15-17-18-19-20-22-25-28-31-35-38-42-46-50-54-58-64(69)63(62-68)67-65(70)59-55-51-47-43-39-36-32-29-26-23-21-24-27-30-33-37-41-45-49-53-57-61-72-66(71)60-56-52-48-44-40-34-16-14-12-10-8-6-4-2/h8,10,14,16,23,26,63-64,68-69H,3-7,9,11-13,15,17-22,24-25,27-62H2,1-2H3,(H,67,70)/b10-8-,16-14-,26-23-. The quantitative estimate of drug-likeness (QED) is 0.0320. The molecule has 0 aliphatic rings. The number of allylic oxidation sites excluding steroid dienone is 6. The molecule has 0 aromatic carbocycles. The zero-order valence-corrected chi connectivity index (χ0v) is 48.4. The van der Waals surface area contributed by atoms with Gasteiger partial charge in [0.25, 0.3) is 0 Å². The Balaban J connectivity index is 3.43. The second-order valence-electron chi connectivity index (χ2n) is 22.1. The first-order valence-corrected chi connectivity index (χ1v) is 32.2. The van der Waals surface area contributed by atoms with Gasteiger partial charge in [-0.15, -0.1) is 0 Å². The van der Waals surface area contributed by atoms with E-state index in [1.54, 1.807) is 0 Å². The van der Waals surface area contributed by atoms with Gasteiger partial charge in [0.2, 0.25) is 5.91 Å². The highest BCUT2D eigenvalue weighted by Crippen LogP contribution is 2.18. The summed E-state index contributed by atoms with van der Waals surface area (Å²) in [5, 5.41) is 23.4. The van der Waals surface area contributed by atoms with Crippen LogP contribution in [0.4, 0.5) is 0 Å². The molecule has 0 rings (SSSR count). The first-order chi connectivity index (χ1) is 35.5. The molecule has 0 bridgehead atoms. The van der Waals surface area contributed by atoms with Gasteiger partial charge in [-0.3, -0.25) is 9.59 Å². The maximum absolute atomic E-state index is 12.5. The van der Waals surface area contributed by atoms with Crippen LogP contribution in [0, 0.1) is 0 Å². The Labute approximate surface area is 449 Å². The first kappa shape index (κ1) is 70.1. The summed E-state index contributed by atoms with van der Waals surface area (Å²) in [5.74, 6) is -0.0468. The third kappa shape index (κ3) is 57.4. The molecule has 424 valence electrons. The van der Waals surface area contributed by atoms with E-state index in [-0.39, 0.29) is 18.5 Å². The van der Waals surface area contributed by atoms with Gasteiger partial charge in [0.15, 0.2) is 0 Å². The molecule has 1 amide bonds. The van der Waals surface area contributed by atoms with E-state index in [0.29, 0.717) is 25.9 Å². The summed E-state index contributed by atoms with van der Waals surface area (Å²) in [6.07, 6.45) is 77.3. The summed E-state index contributed by atoms with van der Waals surface area (Å²) in [6.45, 7) is 4.90. The molecule has 0 aliphatic carbocycles. The van der Waals surface area contributed by atoms with Crippen LogP contribution in [0.5, 0.6) is 0 Å². The highest BCUT2D eigenvalue weighted by Gasteiger charge is 2.20. The summed E-state index contributed by atoms with van der Waals surface area (Å²) in [4.78, 5) is 24.5. The van der Waals surface area contributed by atoms with Crippen LogP contribution < -0.4 is 5.32 Å². The summed E-state index contributed by atoms with van der Waals surface area (Å²) in [5.41, 5.74) is 0. The predicted octanol–water partition coefficient (Wildman–Crippen LogP) is 20.4. The molecule has 0 saturated heterocycles. The molecule has 0 aromatic rings. The van der Waals surface area contributed by atoms with Crippen molar-refractivity contribution in [1.82, 2.24) is 5.32 Å². The van der Waals surface area contributed by atoms with E-state index >= 15 is 0 Å². The minimum atomic E-state index is -0.671. The van der Waals surface area contributed by atoms with Crippen LogP contribution in [0.25, 0.3) is 0 Å². The molecule has 0 saturated carbocycles. The van der Waals surface area contributed by atoms with Crippen molar-refractivity contribution in [2.45, 2.75) is 360 Å². The van der Waals surface area contributed by atoms with Crippen molar-refractivity contribution in [1.29, 1.82) is 0 Å². The Kier molecular flexibility index (Phi) is 60.0. The molecule has 2 unspecified atom stereocenters. The number of carbonyl (C=O) groups is 2. The van der Waals surface area contributed by atoms with Crippen molar-refractivity contribution < 1.29 is 24.5 Å². The van der Waals surface area contributed by atoms with Gasteiger partial charge < -0.3 is 20.3 Å². The van der Waals surface area contributed by atoms with Crippen LogP contribution in [0.2, 0.25) is 0 Å². The molecular weight excluding hydrogens is 887 g/mol. The zero-order chi connectivity index (χ0) is 52.2. The van der Waals surface area contributed by atoms with Gasteiger partial charge in [-0.25, -0.2) is 0 Å². The third-order valence-corrected chi connectivity index (χ3v) is 14.9. The lowest BCUT2D eigenvalue weighted by Gasteiger charge is -2.22. The number of unbranched alkanes of at least 4 members (excludes halogenated alkanes) is 43. The molecule has 0 radical (unpaired) electrons. The van der Waals surface area contributed by atoms with E-state index in [9.17, 15) is 19.8 Å². The fourth-order valence-corrected chi connectivity index (χ4v) is 9.97. The van der Waals surface area contributed by atoms with Gasteiger partial charge in [0, 0.05) is 12.8 Å². The minimum absolute atomic E-state index is 0.00683. The Bertz CT molecular complexity index is 1170. The number of nitrogens with one attached hydrogen (secondary N) is 1. The Morgan fingerprint density at radius 2 is 0.722 bits per heavy atom. The smallest absolute Gasteiger partial charge is 0.305 e. The highest BCUT2D eigenvalue weighted by atomic mass is 16.5. The largest absolute Gasteiger partial charge is 0.466 e. The molecule has 0 aliphatic heterocycles. The van der Waals surface area contributed by atoms with E-state index in [4.69, 9.17) is 4.74 Å².